The summed E-state index contributed by atoms with van der Waals surface area (Å²) in [5, 5.41) is 0. The lowest BCUT2D eigenvalue weighted by Gasteiger charge is -2.29. The molecule has 0 bridgehead atoms. The predicted octanol–water partition coefficient (Wildman–Crippen LogP) is 3.42. The number of hydrogen-bond donors (Lipinski definition) is 0. The van der Waals surface area contributed by atoms with Crippen LogP contribution < -0.4 is 14.2 Å². The van der Waals surface area contributed by atoms with E-state index in [2.05, 4.69) is 0 Å². The fraction of sp³-hybridized carbons (Fsp3) is 0.524. The Morgan fingerprint density at radius 2 is 1.56 bits per heavy atom. The van der Waals surface area contributed by atoms with Gasteiger partial charge in [0.1, 0.15) is 22.8 Å². The standard InChI is InChI=1S/C21H26O6/c1-12-16(17-14(25-3)10-13(24-2)11-15(17)26-4)18(20(23)27-5)19(22)21(12)8-6-7-9-21/h10-12H,6-9H2,1-5H3/t12-/m0/s1. The van der Waals surface area contributed by atoms with E-state index in [-0.39, 0.29) is 17.3 Å². The van der Waals surface area contributed by atoms with Gasteiger partial charge in [-0.3, -0.25) is 4.79 Å². The molecule has 27 heavy (non-hydrogen) atoms. The van der Waals surface area contributed by atoms with E-state index in [1.165, 1.54) is 7.11 Å². The molecular formula is C21H26O6. The predicted molar refractivity (Wildman–Crippen MR) is 100 cm³/mol. The van der Waals surface area contributed by atoms with Gasteiger partial charge < -0.3 is 18.9 Å². The van der Waals surface area contributed by atoms with Gasteiger partial charge in [-0.2, -0.15) is 0 Å². The molecule has 0 aromatic heterocycles. The lowest BCUT2D eigenvalue weighted by Crippen LogP contribution is -2.31. The van der Waals surface area contributed by atoms with Gasteiger partial charge in [0.15, 0.2) is 5.78 Å². The number of methoxy groups -OCH3 is 4. The Morgan fingerprint density at radius 1 is 1.00 bits per heavy atom. The van der Waals surface area contributed by atoms with Crippen molar-refractivity contribution in [3.05, 3.63) is 23.3 Å². The minimum Gasteiger partial charge on any atom is -0.496 e. The number of hydrogen-bond acceptors (Lipinski definition) is 6. The van der Waals surface area contributed by atoms with Crippen LogP contribution in [0.2, 0.25) is 0 Å². The van der Waals surface area contributed by atoms with Gasteiger partial charge in [0.05, 0.1) is 34.0 Å². The van der Waals surface area contributed by atoms with Crippen molar-refractivity contribution in [2.75, 3.05) is 28.4 Å². The SMILES string of the molecule is COC(=O)C1=C(c2c(OC)cc(OC)cc2OC)[C@H](C)C2(CCCC2)C1=O. The first kappa shape index (κ1) is 19.3. The number of carbonyl (C=O) groups is 2. The van der Waals surface area contributed by atoms with Crippen molar-refractivity contribution in [3.8, 4) is 17.2 Å². The third-order valence-corrected chi connectivity index (χ3v) is 6.08. The molecule has 1 aromatic carbocycles. The summed E-state index contributed by atoms with van der Waals surface area (Å²) in [6, 6.07) is 3.47. The largest absolute Gasteiger partial charge is 0.496 e. The van der Waals surface area contributed by atoms with Crippen molar-refractivity contribution >= 4 is 17.3 Å². The number of ether oxygens (including phenoxy) is 4. The summed E-state index contributed by atoms with van der Waals surface area (Å²) >= 11 is 0. The minimum atomic E-state index is -0.606. The van der Waals surface area contributed by atoms with Gasteiger partial charge >= 0.3 is 5.97 Å². The highest BCUT2D eigenvalue weighted by Gasteiger charge is 2.56. The summed E-state index contributed by atoms with van der Waals surface area (Å²) in [6.07, 6.45) is 3.51. The van der Waals surface area contributed by atoms with Crippen molar-refractivity contribution in [2.45, 2.75) is 32.6 Å². The molecule has 3 rings (SSSR count). The highest BCUT2D eigenvalue weighted by atomic mass is 16.5. The van der Waals surface area contributed by atoms with Gasteiger partial charge in [0.25, 0.3) is 0 Å². The zero-order valence-corrected chi connectivity index (χ0v) is 16.5. The van der Waals surface area contributed by atoms with Gasteiger partial charge in [-0.15, -0.1) is 0 Å². The fourth-order valence-electron chi connectivity index (χ4n) is 4.64. The van der Waals surface area contributed by atoms with E-state index in [4.69, 9.17) is 18.9 Å². The maximum atomic E-state index is 13.4. The summed E-state index contributed by atoms with van der Waals surface area (Å²) < 4.78 is 21.5. The van der Waals surface area contributed by atoms with E-state index in [9.17, 15) is 9.59 Å². The second kappa shape index (κ2) is 7.25. The first-order chi connectivity index (χ1) is 12.9. The van der Waals surface area contributed by atoms with Crippen LogP contribution in [0.15, 0.2) is 17.7 Å². The first-order valence-corrected chi connectivity index (χ1v) is 9.12. The summed E-state index contributed by atoms with van der Waals surface area (Å²) in [7, 11) is 5.95. The maximum absolute atomic E-state index is 13.4. The molecule has 6 heteroatoms. The van der Waals surface area contributed by atoms with Crippen molar-refractivity contribution in [1.29, 1.82) is 0 Å². The lowest BCUT2D eigenvalue weighted by atomic mass is 9.73. The van der Waals surface area contributed by atoms with Gasteiger partial charge in [0.2, 0.25) is 0 Å². The maximum Gasteiger partial charge on any atom is 0.341 e. The molecule has 2 aliphatic rings. The van der Waals surface area contributed by atoms with Crippen molar-refractivity contribution in [2.24, 2.45) is 11.3 Å². The van der Waals surface area contributed by atoms with E-state index in [1.54, 1.807) is 33.5 Å². The Bertz CT molecular complexity index is 776. The number of allylic oxidation sites excluding steroid dienone is 1. The number of Topliss-reactive ketones (excluding diaryl/α,β-unsaturated/α-hetero) is 1. The topological polar surface area (TPSA) is 71.1 Å². The van der Waals surface area contributed by atoms with E-state index in [1.807, 2.05) is 6.92 Å². The van der Waals surface area contributed by atoms with Crippen LogP contribution in [0.1, 0.15) is 38.2 Å². The van der Waals surface area contributed by atoms with Crippen molar-refractivity contribution in [3.63, 3.8) is 0 Å². The third kappa shape index (κ3) is 2.78. The Kier molecular flexibility index (Phi) is 5.18. The summed E-state index contributed by atoms with van der Waals surface area (Å²) in [5.41, 5.74) is 0.832. The van der Waals surface area contributed by atoms with Crippen LogP contribution in [0.5, 0.6) is 17.2 Å². The Morgan fingerprint density at radius 3 is 2.00 bits per heavy atom. The zero-order chi connectivity index (χ0) is 19.8. The molecule has 0 radical (unpaired) electrons. The van der Waals surface area contributed by atoms with E-state index < -0.39 is 11.4 Å². The fourth-order valence-corrected chi connectivity index (χ4v) is 4.64. The highest BCUT2D eigenvalue weighted by Crippen LogP contribution is 2.59. The molecule has 1 spiro atoms. The average molecular weight is 374 g/mol. The van der Waals surface area contributed by atoms with Gasteiger partial charge in [0, 0.05) is 17.5 Å². The Balaban J connectivity index is 2.30. The van der Waals surface area contributed by atoms with Crippen LogP contribution >= 0.6 is 0 Å². The van der Waals surface area contributed by atoms with Crippen LogP contribution in [0.4, 0.5) is 0 Å². The van der Waals surface area contributed by atoms with Gasteiger partial charge in [-0.1, -0.05) is 19.8 Å². The van der Waals surface area contributed by atoms with Gasteiger partial charge in [-0.05, 0) is 24.3 Å². The van der Waals surface area contributed by atoms with Crippen LogP contribution in [0, 0.1) is 11.3 Å². The second-order valence-corrected chi connectivity index (χ2v) is 7.10. The monoisotopic (exact) mass is 374 g/mol. The van der Waals surface area contributed by atoms with Crippen LogP contribution in [-0.4, -0.2) is 40.2 Å². The molecule has 0 aliphatic heterocycles. The molecule has 0 saturated heterocycles. The van der Waals surface area contributed by atoms with E-state index in [0.717, 1.165) is 25.7 Å². The van der Waals surface area contributed by atoms with Crippen molar-refractivity contribution in [1.82, 2.24) is 0 Å². The number of rotatable bonds is 5. The molecule has 0 amide bonds. The van der Waals surface area contributed by atoms with Crippen LogP contribution in [-0.2, 0) is 14.3 Å². The number of ketones is 1. The molecule has 0 unspecified atom stereocenters. The smallest absolute Gasteiger partial charge is 0.341 e. The molecule has 2 aliphatic carbocycles. The second-order valence-electron chi connectivity index (χ2n) is 7.10. The molecular weight excluding hydrogens is 348 g/mol. The number of carbonyl (C=O) groups excluding carboxylic acids is 2. The van der Waals surface area contributed by atoms with Gasteiger partial charge in [-0.25, -0.2) is 4.79 Å². The molecule has 1 atom stereocenters. The number of esters is 1. The molecule has 0 N–H and O–H groups in total. The third-order valence-electron chi connectivity index (χ3n) is 6.08. The van der Waals surface area contributed by atoms with E-state index in [0.29, 0.717) is 28.4 Å². The zero-order valence-electron chi connectivity index (χ0n) is 16.5. The van der Waals surface area contributed by atoms with Crippen LogP contribution in [0.25, 0.3) is 5.57 Å². The Hall–Kier alpha value is -2.50. The lowest BCUT2D eigenvalue weighted by molar-refractivity contribution is -0.139. The molecule has 1 fully saturated rings. The first-order valence-electron chi connectivity index (χ1n) is 9.12. The molecule has 1 saturated carbocycles. The highest BCUT2D eigenvalue weighted by molar-refractivity contribution is 6.28. The number of benzene rings is 1. The van der Waals surface area contributed by atoms with E-state index >= 15 is 0 Å². The normalized spacial score (nSPS) is 20.9. The Labute approximate surface area is 159 Å². The molecule has 1 aromatic rings. The summed E-state index contributed by atoms with van der Waals surface area (Å²) in [6.45, 7) is 2.01. The molecule has 146 valence electrons. The molecule has 0 heterocycles. The summed E-state index contributed by atoms with van der Waals surface area (Å²) in [4.78, 5) is 26.0. The van der Waals surface area contributed by atoms with Crippen LogP contribution in [0.3, 0.4) is 0 Å². The molecule has 6 nitrogen and oxygen atoms in total. The average Bonchev–Trinajstić information content (AvgIpc) is 3.27. The minimum absolute atomic E-state index is 0.116. The van der Waals surface area contributed by atoms with Crippen molar-refractivity contribution < 1.29 is 28.5 Å². The quantitative estimate of drug-likeness (QED) is 0.581. The summed E-state index contributed by atoms with van der Waals surface area (Å²) in [5.74, 6) is 0.701.